The van der Waals surface area contributed by atoms with Crippen molar-refractivity contribution in [2.75, 3.05) is 14.2 Å². The molecule has 1 N–H and O–H groups in total. The summed E-state index contributed by atoms with van der Waals surface area (Å²) in [5.74, 6) is -0.592. The van der Waals surface area contributed by atoms with Crippen LogP contribution in [0.1, 0.15) is 21.6 Å². The van der Waals surface area contributed by atoms with Crippen LogP contribution >= 0.6 is 0 Å². The van der Waals surface area contributed by atoms with Crippen LogP contribution in [-0.2, 0) is 12.7 Å². The Morgan fingerprint density at radius 3 is 2.47 bits per heavy atom. The topological polar surface area (TPSA) is 51.4 Å². The number of carbonyl (C=O) groups is 1. The third-order valence-electron chi connectivity index (χ3n) is 4.50. The van der Waals surface area contributed by atoms with E-state index in [0.29, 0.717) is 16.7 Å². The van der Waals surface area contributed by atoms with E-state index in [4.69, 9.17) is 9.57 Å². The minimum absolute atomic E-state index is 0.242. The van der Waals surface area contributed by atoms with Crippen molar-refractivity contribution < 1.29 is 32.3 Å². The maximum atomic E-state index is 13.1. The molecule has 8 heteroatoms. The minimum Gasteiger partial charge on any atom is -0.496 e. The number of halogens is 3. The van der Waals surface area contributed by atoms with Gasteiger partial charge in [0, 0.05) is 22.4 Å². The first-order chi connectivity index (χ1) is 14.3. The number of nitrogens with zero attached hydrogens (tertiary/aromatic N) is 1. The van der Waals surface area contributed by atoms with Gasteiger partial charge in [0.1, 0.15) is 19.4 Å². The van der Waals surface area contributed by atoms with Crippen molar-refractivity contribution in [3.05, 3.63) is 83.7 Å². The third kappa shape index (κ3) is 4.71. The summed E-state index contributed by atoms with van der Waals surface area (Å²) in [6, 6.07) is 15.7. The van der Waals surface area contributed by atoms with Crippen LogP contribution in [0.25, 0.3) is 11.1 Å². The number of benzene rings is 2. The predicted octanol–water partition coefficient (Wildman–Crippen LogP) is 3.66. The molecule has 0 saturated carbocycles. The molecule has 3 aromatic rings. The molecule has 30 heavy (non-hydrogen) atoms. The van der Waals surface area contributed by atoms with Gasteiger partial charge in [0.25, 0.3) is 11.6 Å². The SMILES string of the molecule is COc1cc(-c2cccc(C(=O)NCc3cccc[n+]3OC)c2)ccc1C(F)(F)F. The quantitative estimate of drug-likeness (QED) is 0.623. The minimum atomic E-state index is -4.51. The number of hydrogen-bond donors (Lipinski definition) is 1. The van der Waals surface area contributed by atoms with Crippen molar-refractivity contribution >= 4 is 5.91 Å². The zero-order valence-electron chi connectivity index (χ0n) is 16.4. The highest BCUT2D eigenvalue weighted by molar-refractivity contribution is 5.95. The average molecular weight is 417 g/mol. The molecule has 1 aromatic heterocycles. The standard InChI is InChI=1S/C22H19F3N2O3/c1-29-20-13-16(9-10-19(20)22(23,24)25)15-6-5-7-17(12-15)21(28)26-14-18-8-3-4-11-27(18)30-2/h3-13H,14H2,1-2H3/p+1. The van der Waals surface area contributed by atoms with Gasteiger partial charge in [-0.2, -0.15) is 13.2 Å². The van der Waals surface area contributed by atoms with Gasteiger partial charge in [-0.3, -0.25) is 9.63 Å². The number of nitrogens with one attached hydrogen (secondary N) is 1. The molecule has 3 rings (SSSR count). The van der Waals surface area contributed by atoms with Crippen LogP contribution in [0.3, 0.4) is 0 Å². The fraction of sp³-hybridized carbons (Fsp3) is 0.182. The summed E-state index contributed by atoms with van der Waals surface area (Å²) in [5, 5.41) is 2.81. The molecule has 0 radical (unpaired) electrons. The second kappa shape index (κ2) is 8.86. The Bertz CT molecular complexity index is 1050. The molecule has 0 atom stereocenters. The van der Waals surface area contributed by atoms with Gasteiger partial charge in [-0.15, -0.1) is 0 Å². The number of carbonyl (C=O) groups excluding carboxylic acids is 1. The second-order valence-electron chi connectivity index (χ2n) is 6.38. The van der Waals surface area contributed by atoms with Crippen LogP contribution in [0.5, 0.6) is 5.75 Å². The molecule has 5 nitrogen and oxygen atoms in total. The first-order valence-corrected chi connectivity index (χ1v) is 9.01. The highest BCUT2D eigenvalue weighted by Crippen LogP contribution is 2.38. The molecule has 1 amide bonds. The smallest absolute Gasteiger partial charge is 0.419 e. The van der Waals surface area contributed by atoms with Gasteiger partial charge in [-0.1, -0.05) is 18.2 Å². The first-order valence-electron chi connectivity index (χ1n) is 9.01. The zero-order chi connectivity index (χ0) is 21.7. The van der Waals surface area contributed by atoms with E-state index in [1.54, 1.807) is 36.5 Å². The van der Waals surface area contributed by atoms with Crippen LogP contribution in [0.4, 0.5) is 13.2 Å². The summed E-state index contributed by atoms with van der Waals surface area (Å²) in [5.41, 5.74) is 1.39. The summed E-state index contributed by atoms with van der Waals surface area (Å²) in [7, 11) is 2.71. The molecule has 0 fully saturated rings. The van der Waals surface area contributed by atoms with Crippen LogP contribution in [0.15, 0.2) is 66.9 Å². The number of amides is 1. The van der Waals surface area contributed by atoms with E-state index in [1.807, 2.05) is 12.1 Å². The molecule has 156 valence electrons. The van der Waals surface area contributed by atoms with Crippen LogP contribution in [0, 0.1) is 0 Å². The lowest BCUT2D eigenvalue weighted by Crippen LogP contribution is -2.45. The molecular weight excluding hydrogens is 397 g/mol. The Morgan fingerprint density at radius 2 is 1.77 bits per heavy atom. The van der Waals surface area contributed by atoms with Crippen LogP contribution < -0.4 is 19.6 Å². The number of ether oxygens (including phenoxy) is 1. The Kier molecular flexibility index (Phi) is 6.25. The molecule has 0 bridgehead atoms. The highest BCUT2D eigenvalue weighted by atomic mass is 19.4. The van der Waals surface area contributed by atoms with E-state index < -0.39 is 11.7 Å². The molecule has 0 saturated heterocycles. The highest BCUT2D eigenvalue weighted by Gasteiger charge is 2.34. The monoisotopic (exact) mass is 417 g/mol. The van der Waals surface area contributed by atoms with Crippen molar-refractivity contribution in [1.82, 2.24) is 5.32 Å². The Hall–Kier alpha value is -3.55. The molecule has 0 aliphatic carbocycles. The summed E-state index contributed by atoms with van der Waals surface area (Å²) < 4.78 is 45.7. The molecule has 2 aromatic carbocycles. The summed E-state index contributed by atoms with van der Waals surface area (Å²) in [4.78, 5) is 17.8. The molecule has 0 unspecified atom stereocenters. The number of methoxy groups -OCH3 is 1. The van der Waals surface area contributed by atoms with Crippen LogP contribution in [0.2, 0.25) is 0 Å². The van der Waals surface area contributed by atoms with Crippen LogP contribution in [-0.4, -0.2) is 20.1 Å². The number of hydrogen-bond acceptors (Lipinski definition) is 3. The van der Waals surface area contributed by atoms with Gasteiger partial charge in [0.15, 0.2) is 0 Å². The van der Waals surface area contributed by atoms with Gasteiger partial charge in [-0.05, 0) is 41.5 Å². The van der Waals surface area contributed by atoms with E-state index in [0.717, 1.165) is 11.8 Å². The maximum Gasteiger partial charge on any atom is 0.419 e. The van der Waals surface area contributed by atoms with Gasteiger partial charge in [0.2, 0.25) is 6.20 Å². The van der Waals surface area contributed by atoms with Crippen molar-refractivity contribution in [2.45, 2.75) is 12.7 Å². The predicted molar refractivity (Wildman–Crippen MR) is 104 cm³/mol. The number of aromatic nitrogens is 1. The van der Waals surface area contributed by atoms with Gasteiger partial charge < -0.3 is 10.1 Å². The summed E-state index contributed by atoms with van der Waals surface area (Å²) in [6.07, 6.45) is -2.79. The van der Waals surface area contributed by atoms with Crippen molar-refractivity contribution in [3.8, 4) is 16.9 Å². The fourth-order valence-electron chi connectivity index (χ4n) is 3.00. The number of rotatable bonds is 6. The summed E-state index contributed by atoms with van der Waals surface area (Å²) >= 11 is 0. The fourth-order valence-corrected chi connectivity index (χ4v) is 3.00. The Morgan fingerprint density at radius 1 is 1.00 bits per heavy atom. The normalized spacial score (nSPS) is 11.1. The lowest BCUT2D eigenvalue weighted by molar-refractivity contribution is -0.890. The maximum absolute atomic E-state index is 13.1. The van der Waals surface area contributed by atoms with Gasteiger partial charge in [0.05, 0.1) is 12.7 Å². The zero-order valence-corrected chi connectivity index (χ0v) is 16.4. The first kappa shape index (κ1) is 21.2. The van der Waals surface area contributed by atoms with Gasteiger partial charge >= 0.3 is 6.18 Å². The number of pyridine rings is 1. The molecular formula is C22H20F3N2O3+. The van der Waals surface area contributed by atoms with E-state index >= 15 is 0 Å². The lowest BCUT2D eigenvalue weighted by Gasteiger charge is -2.13. The van der Waals surface area contributed by atoms with Crippen molar-refractivity contribution in [2.24, 2.45) is 0 Å². The van der Waals surface area contributed by atoms with Gasteiger partial charge in [-0.25, -0.2) is 0 Å². The summed E-state index contributed by atoms with van der Waals surface area (Å²) in [6.45, 7) is 0.242. The van der Waals surface area contributed by atoms with E-state index in [2.05, 4.69) is 5.32 Å². The Labute approximate surface area is 171 Å². The van der Waals surface area contributed by atoms with E-state index in [9.17, 15) is 18.0 Å². The second-order valence-corrected chi connectivity index (χ2v) is 6.38. The van der Waals surface area contributed by atoms with E-state index in [1.165, 1.54) is 31.1 Å². The Balaban J connectivity index is 1.81. The van der Waals surface area contributed by atoms with Crippen molar-refractivity contribution in [3.63, 3.8) is 0 Å². The largest absolute Gasteiger partial charge is 0.496 e. The molecule has 0 spiro atoms. The van der Waals surface area contributed by atoms with Crippen molar-refractivity contribution in [1.29, 1.82) is 0 Å². The molecule has 0 aliphatic heterocycles. The van der Waals surface area contributed by atoms with E-state index in [-0.39, 0.29) is 18.2 Å². The molecule has 0 aliphatic rings. The third-order valence-corrected chi connectivity index (χ3v) is 4.50. The average Bonchev–Trinajstić information content (AvgIpc) is 2.76. The molecule has 1 heterocycles. The number of alkyl halides is 3. The lowest BCUT2D eigenvalue weighted by atomic mass is 10.0.